The number of hydrogen-bond acceptors (Lipinski definition) is 4. The Balaban J connectivity index is 1.26. The van der Waals surface area contributed by atoms with Gasteiger partial charge in [0.05, 0.1) is 6.61 Å². The van der Waals surface area contributed by atoms with Gasteiger partial charge in [0.2, 0.25) is 5.91 Å². The Morgan fingerprint density at radius 2 is 1.51 bits per heavy atom. The second kappa shape index (κ2) is 12.0. The van der Waals surface area contributed by atoms with Gasteiger partial charge in [0.25, 0.3) is 0 Å². The summed E-state index contributed by atoms with van der Waals surface area (Å²) in [6, 6.07) is 28.1. The van der Waals surface area contributed by atoms with Crippen LogP contribution < -0.4 is 10.1 Å². The van der Waals surface area contributed by atoms with E-state index in [1.807, 2.05) is 84.9 Å². The lowest BCUT2D eigenvalue weighted by atomic mass is 9.72. The van der Waals surface area contributed by atoms with Crippen molar-refractivity contribution in [1.82, 2.24) is 10.2 Å². The van der Waals surface area contributed by atoms with Gasteiger partial charge in [0.15, 0.2) is 0 Å². The highest BCUT2D eigenvalue weighted by atomic mass is 16.5. The van der Waals surface area contributed by atoms with Crippen molar-refractivity contribution in [2.45, 2.75) is 38.3 Å². The third-order valence-electron chi connectivity index (χ3n) is 6.96. The lowest BCUT2D eigenvalue weighted by molar-refractivity contribution is -0.119. The number of benzene rings is 3. The van der Waals surface area contributed by atoms with Crippen molar-refractivity contribution in [2.75, 3.05) is 26.2 Å². The largest absolute Gasteiger partial charge is 0.494 e. The van der Waals surface area contributed by atoms with E-state index in [1.54, 1.807) is 0 Å². The van der Waals surface area contributed by atoms with Crippen molar-refractivity contribution in [3.8, 4) is 5.75 Å². The molecule has 2 N–H and O–H groups in total. The fraction of sp³-hybridized carbons (Fsp3) is 0.367. The van der Waals surface area contributed by atoms with Gasteiger partial charge in [-0.1, -0.05) is 72.8 Å². The number of nitrogens with zero attached hydrogens (tertiary/aromatic N) is 1. The maximum Gasteiger partial charge on any atom is 0.217 e. The molecule has 5 nitrogen and oxygen atoms in total. The Morgan fingerprint density at radius 3 is 2.06 bits per heavy atom. The fourth-order valence-electron chi connectivity index (χ4n) is 5.01. The van der Waals surface area contributed by atoms with Gasteiger partial charge in [0.1, 0.15) is 11.4 Å². The molecule has 0 unspecified atom stereocenters. The quantitative estimate of drug-likeness (QED) is 0.419. The van der Waals surface area contributed by atoms with Gasteiger partial charge in [-0.3, -0.25) is 4.79 Å². The number of hydrogen-bond donors (Lipinski definition) is 2. The van der Waals surface area contributed by atoms with Crippen LogP contribution in [0.4, 0.5) is 0 Å². The van der Waals surface area contributed by atoms with Crippen LogP contribution in [0.2, 0.25) is 0 Å². The Hall–Kier alpha value is -3.15. The second-order valence-corrected chi connectivity index (χ2v) is 9.37. The van der Waals surface area contributed by atoms with Crippen LogP contribution in [-0.4, -0.2) is 42.2 Å². The Kier molecular flexibility index (Phi) is 8.56. The molecule has 0 radical (unpaired) electrons. The molecule has 1 heterocycles. The van der Waals surface area contributed by atoms with Crippen LogP contribution in [0, 0.1) is 5.92 Å². The van der Waals surface area contributed by atoms with Crippen LogP contribution in [0.25, 0.3) is 0 Å². The van der Waals surface area contributed by atoms with Crippen molar-refractivity contribution < 1.29 is 14.6 Å². The van der Waals surface area contributed by atoms with Crippen molar-refractivity contribution in [3.05, 3.63) is 102 Å². The molecule has 1 amide bonds. The van der Waals surface area contributed by atoms with Crippen molar-refractivity contribution in [3.63, 3.8) is 0 Å². The van der Waals surface area contributed by atoms with Gasteiger partial charge >= 0.3 is 0 Å². The van der Waals surface area contributed by atoms with Gasteiger partial charge in [-0.05, 0) is 67.1 Å². The van der Waals surface area contributed by atoms with Crippen molar-refractivity contribution in [2.24, 2.45) is 5.92 Å². The number of piperidine rings is 1. The standard InChI is InChI=1S/C30H36N2O3/c1-24(33)31-23-25-13-15-29(16-14-25)35-22-8-19-32-20-17-28(18-21-32)30(34,26-9-4-2-5-10-26)27-11-6-3-7-12-27/h2-7,9-16,28,34H,8,17-23H2,1H3,(H,31,33). The topological polar surface area (TPSA) is 61.8 Å². The van der Waals surface area contributed by atoms with E-state index in [0.29, 0.717) is 13.2 Å². The summed E-state index contributed by atoms with van der Waals surface area (Å²) in [5.74, 6) is 1.00. The fourth-order valence-corrected chi connectivity index (χ4v) is 5.01. The molecule has 0 spiro atoms. The van der Waals surface area contributed by atoms with Gasteiger partial charge < -0.3 is 20.1 Å². The first-order valence-corrected chi connectivity index (χ1v) is 12.6. The minimum atomic E-state index is -0.968. The molecule has 184 valence electrons. The monoisotopic (exact) mass is 472 g/mol. The smallest absolute Gasteiger partial charge is 0.217 e. The van der Waals surface area contributed by atoms with E-state index in [2.05, 4.69) is 10.2 Å². The normalized spacial score (nSPS) is 15.0. The number of likely N-dealkylation sites (tertiary alicyclic amines) is 1. The molecule has 0 aromatic heterocycles. The van der Waals surface area contributed by atoms with Gasteiger partial charge in [-0.25, -0.2) is 0 Å². The van der Waals surface area contributed by atoms with E-state index < -0.39 is 5.60 Å². The molecule has 4 rings (SSSR count). The number of carbonyl (C=O) groups excluding carboxylic acids is 1. The number of ether oxygens (including phenoxy) is 1. The first-order valence-electron chi connectivity index (χ1n) is 12.6. The molecule has 5 heteroatoms. The third-order valence-corrected chi connectivity index (χ3v) is 6.96. The summed E-state index contributed by atoms with van der Waals surface area (Å²) < 4.78 is 5.91. The number of aliphatic hydroxyl groups is 1. The molecule has 1 aliphatic heterocycles. The predicted molar refractivity (Wildman–Crippen MR) is 139 cm³/mol. The first-order chi connectivity index (χ1) is 17.1. The molecular formula is C30H36N2O3. The van der Waals surface area contributed by atoms with Gasteiger partial charge in [-0.2, -0.15) is 0 Å². The van der Waals surface area contributed by atoms with E-state index in [1.165, 1.54) is 6.92 Å². The Labute approximate surface area is 208 Å². The Bertz CT molecular complexity index is 1010. The van der Waals surface area contributed by atoms with Crippen LogP contribution >= 0.6 is 0 Å². The molecule has 0 saturated carbocycles. The number of amides is 1. The zero-order valence-electron chi connectivity index (χ0n) is 20.5. The van der Waals surface area contributed by atoms with E-state index in [-0.39, 0.29) is 11.8 Å². The number of rotatable bonds is 10. The molecule has 0 aliphatic carbocycles. The van der Waals surface area contributed by atoms with Crippen LogP contribution in [0.3, 0.4) is 0 Å². The SMILES string of the molecule is CC(=O)NCc1ccc(OCCCN2CCC(C(O)(c3ccccc3)c3ccccc3)CC2)cc1. The van der Waals surface area contributed by atoms with E-state index >= 15 is 0 Å². The maximum atomic E-state index is 12.0. The molecule has 0 atom stereocenters. The molecule has 35 heavy (non-hydrogen) atoms. The average Bonchev–Trinajstić information content (AvgIpc) is 2.91. The molecular weight excluding hydrogens is 436 g/mol. The third kappa shape index (κ3) is 6.50. The van der Waals surface area contributed by atoms with E-state index in [9.17, 15) is 9.90 Å². The summed E-state index contributed by atoms with van der Waals surface area (Å²) in [4.78, 5) is 13.5. The molecule has 3 aromatic rings. The lowest BCUT2D eigenvalue weighted by Crippen LogP contribution is -2.44. The molecule has 3 aromatic carbocycles. The summed E-state index contributed by atoms with van der Waals surface area (Å²) >= 11 is 0. The van der Waals surface area contributed by atoms with Crippen LogP contribution in [0.1, 0.15) is 42.9 Å². The minimum Gasteiger partial charge on any atom is -0.494 e. The summed E-state index contributed by atoms with van der Waals surface area (Å²) in [6.07, 6.45) is 2.87. The molecule has 1 fully saturated rings. The summed E-state index contributed by atoms with van der Waals surface area (Å²) in [5.41, 5.74) is 2.03. The lowest BCUT2D eigenvalue weighted by Gasteiger charge is -2.42. The summed E-state index contributed by atoms with van der Waals surface area (Å²) in [7, 11) is 0. The maximum absolute atomic E-state index is 12.0. The number of carbonyl (C=O) groups is 1. The van der Waals surface area contributed by atoms with Crippen LogP contribution in [0.15, 0.2) is 84.9 Å². The molecule has 0 bridgehead atoms. The first kappa shape index (κ1) is 25.0. The van der Waals surface area contributed by atoms with Crippen molar-refractivity contribution >= 4 is 5.91 Å². The summed E-state index contributed by atoms with van der Waals surface area (Å²) in [6.45, 7) is 5.67. The minimum absolute atomic E-state index is 0.0285. The van der Waals surface area contributed by atoms with Crippen LogP contribution in [0.5, 0.6) is 5.75 Å². The highest BCUT2D eigenvalue weighted by Crippen LogP contribution is 2.41. The number of nitrogens with one attached hydrogen (secondary N) is 1. The van der Waals surface area contributed by atoms with E-state index in [4.69, 9.17) is 4.74 Å². The summed E-state index contributed by atoms with van der Waals surface area (Å²) in [5, 5.41) is 14.8. The molecule has 1 aliphatic rings. The van der Waals surface area contributed by atoms with E-state index in [0.717, 1.165) is 61.3 Å². The van der Waals surface area contributed by atoms with Crippen molar-refractivity contribution in [1.29, 1.82) is 0 Å². The zero-order chi connectivity index (χ0) is 24.5. The van der Waals surface area contributed by atoms with Gasteiger partial charge in [-0.15, -0.1) is 0 Å². The highest BCUT2D eigenvalue weighted by Gasteiger charge is 2.41. The Morgan fingerprint density at radius 1 is 0.943 bits per heavy atom. The molecule has 1 saturated heterocycles. The zero-order valence-corrected chi connectivity index (χ0v) is 20.5. The average molecular weight is 473 g/mol. The van der Waals surface area contributed by atoms with Gasteiger partial charge in [0, 0.05) is 20.0 Å². The second-order valence-electron chi connectivity index (χ2n) is 9.37. The predicted octanol–water partition coefficient (Wildman–Crippen LogP) is 4.74. The van der Waals surface area contributed by atoms with Crippen LogP contribution in [-0.2, 0) is 16.9 Å². The highest BCUT2D eigenvalue weighted by molar-refractivity contribution is 5.72.